The van der Waals surface area contributed by atoms with Gasteiger partial charge in [0.15, 0.2) is 5.43 Å². The Bertz CT molecular complexity index is 797. The van der Waals surface area contributed by atoms with E-state index in [1.165, 1.54) is 5.56 Å². The van der Waals surface area contributed by atoms with Gasteiger partial charge in [-0.05, 0) is 31.2 Å². The van der Waals surface area contributed by atoms with E-state index in [9.17, 15) is 4.79 Å². The van der Waals surface area contributed by atoms with Gasteiger partial charge in [-0.1, -0.05) is 18.2 Å². The van der Waals surface area contributed by atoms with Crippen LogP contribution in [0.25, 0.3) is 20.2 Å². The summed E-state index contributed by atoms with van der Waals surface area (Å²) in [5.41, 5.74) is 1.37. The molecule has 0 amide bonds. The van der Waals surface area contributed by atoms with Gasteiger partial charge in [0.2, 0.25) is 0 Å². The molecule has 1 heterocycles. The van der Waals surface area contributed by atoms with Gasteiger partial charge < -0.3 is 22.3 Å². The molecule has 0 saturated carbocycles. The molecule has 3 aromatic rings. The number of halogens is 1. The number of quaternary nitrogens is 1. The maximum absolute atomic E-state index is 12.5. The van der Waals surface area contributed by atoms with E-state index in [1.54, 1.807) is 11.3 Å². The highest BCUT2D eigenvalue weighted by atomic mass is 79.9. The van der Waals surface area contributed by atoms with Crippen molar-refractivity contribution in [3.63, 3.8) is 0 Å². The highest BCUT2D eigenvalue weighted by molar-refractivity contribution is 7.24. The summed E-state index contributed by atoms with van der Waals surface area (Å²) < 4.78 is 2.14. The van der Waals surface area contributed by atoms with Gasteiger partial charge in [-0.15, -0.1) is 11.3 Å². The van der Waals surface area contributed by atoms with Crippen molar-refractivity contribution in [2.45, 2.75) is 13.5 Å². The van der Waals surface area contributed by atoms with E-state index in [0.717, 1.165) is 33.3 Å². The van der Waals surface area contributed by atoms with Crippen molar-refractivity contribution in [1.29, 1.82) is 0 Å². The maximum atomic E-state index is 12.5. The van der Waals surface area contributed by atoms with Crippen LogP contribution in [0.1, 0.15) is 12.5 Å². The van der Waals surface area contributed by atoms with Crippen molar-refractivity contribution >= 4 is 31.5 Å². The predicted octanol–water partition coefficient (Wildman–Crippen LogP) is -0.498. The Labute approximate surface area is 132 Å². The van der Waals surface area contributed by atoms with Gasteiger partial charge in [0.05, 0.1) is 6.54 Å². The lowest BCUT2D eigenvalue weighted by molar-refractivity contribution is -0.667. The molecule has 20 heavy (non-hydrogen) atoms. The van der Waals surface area contributed by atoms with E-state index in [1.807, 2.05) is 30.3 Å². The Hall–Kier alpha value is -1.23. The molecule has 2 N–H and O–H groups in total. The van der Waals surface area contributed by atoms with Crippen LogP contribution in [0.5, 0.6) is 0 Å². The molecule has 0 aliphatic carbocycles. The zero-order valence-corrected chi connectivity index (χ0v) is 13.6. The summed E-state index contributed by atoms with van der Waals surface area (Å²) in [6.07, 6.45) is 0. The third-order valence-corrected chi connectivity index (χ3v) is 4.46. The van der Waals surface area contributed by atoms with E-state index in [4.69, 9.17) is 0 Å². The number of benzene rings is 2. The first-order valence-corrected chi connectivity index (χ1v) is 7.37. The molecule has 0 aliphatic heterocycles. The largest absolute Gasteiger partial charge is 1.00 e. The van der Waals surface area contributed by atoms with Gasteiger partial charge in [0.1, 0.15) is 6.54 Å². The number of fused-ring (bicyclic) bond motifs is 2. The van der Waals surface area contributed by atoms with Crippen molar-refractivity contribution in [3.8, 4) is 0 Å². The Kier molecular flexibility index (Phi) is 4.91. The summed E-state index contributed by atoms with van der Waals surface area (Å²) in [5, 5.41) is 3.91. The highest BCUT2D eigenvalue weighted by Gasteiger charge is 2.06. The van der Waals surface area contributed by atoms with E-state index in [0.29, 0.717) is 0 Å². The molecule has 0 atom stereocenters. The lowest BCUT2D eigenvalue weighted by atomic mass is 10.1. The van der Waals surface area contributed by atoms with Crippen molar-refractivity contribution < 1.29 is 22.3 Å². The topological polar surface area (TPSA) is 33.7 Å². The Balaban J connectivity index is 0.00000147. The van der Waals surface area contributed by atoms with Crippen molar-refractivity contribution in [2.75, 3.05) is 6.54 Å². The van der Waals surface area contributed by atoms with Crippen LogP contribution < -0.4 is 27.7 Å². The minimum Gasteiger partial charge on any atom is -1.00 e. The first kappa shape index (κ1) is 15.2. The second-order valence-corrected chi connectivity index (χ2v) is 5.74. The van der Waals surface area contributed by atoms with Gasteiger partial charge >= 0.3 is 0 Å². The van der Waals surface area contributed by atoms with Gasteiger partial charge in [-0.2, -0.15) is 0 Å². The second-order valence-electron chi connectivity index (χ2n) is 4.66. The zero-order valence-electron chi connectivity index (χ0n) is 11.2. The Morgan fingerprint density at radius 2 is 1.80 bits per heavy atom. The molecule has 0 unspecified atom stereocenters. The molecule has 2 aromatic carbocycles. The second kappa shape index (κ2) is 6.48. The molecule has 0 radical (unpaired) electrons. The monoisotopic (exact) mass is 349 g/mol. The summed E-state index contributed by atoms with van der Waals surface area (Å²) in [4.78, 5) is 12.5. The van der Waals surface area contributed by atoms with Crippen molar-refractivity contribution in [2.24, 2.45) is 0 Å². The van der Waals surface area contributed by atoms with E-state index in [2.05, 4.69) is 24.4 Å². The van der Waals surface area contributed by atoms with E-state index < -0.39 is 0 Å². The first-order chi connectivity index (χ1) is 9.29. The van der Waals surface area contributed by atoms with E-state index in [-0.39, 0.29) is 22.4 Å². The molecular formula is C16H16BrNOS. The number of rotatable bonds is 3. The first-order valence-electron chi connectivity index (χ1n) is 6.55. The molecule has 1 aromatic heterocycles. The van der Waals surface area contributed by atoms with Gasteiger partial charge in [0, 0.05) is 25.7 Å². The number of hydrogen-bond donors (Lipinski definition) is 1. The van der Waals surface area contributed by atoms with Crippen LogP contribution in [0.2, 0.25) is 0 Å². The number of nitrogens with two attached hydrogens (primary N) is 1. The molecule has 104 valence electrons. The maximum Gasteiger partial charge on any atom is 0.195 e. The fraction of sp³-hybridized carbons (Fsp3) is 0.188. The lowest BCUT2D eigenvalue weighted by Crippen LogP contribution is -3.00. The molecular weight excluding hydrogens is 334 g/mol. The third kappa shape index (κ3) is 2.77. The molecule has 0 spiro atoms. The van der Waals surface area contributed by atoms with Gasteiger partial charge in [-0.25, -0.2) is 0 Å². The normalized spacial score (nSPS) is 10.7. The predicted molar refractivity (Wildman–Crippen MR) is 81.8 cm³/mol. The quantitative estimate of drug-likeness (QED) is 0.635. The van der Waals surface area contributed by atoms with Crippen LogP contribution in [0, 0.1) is 0 Å². The molecule has 4 heteroatoms. The van der Waals surface area contributed by atoms with Crippen molar-refractivity contribution in [1.82, 2.24) is 0 Å². The molecule has 0 fully saturated rings. The van der Waals surface area contributed by atoms with Crippen LogP contribution in [-0.2, 0) is 6.54 Å². The Morgan fingerprint density at radius 3 is 2.60 bits per heavy atom. The van der Waals surface area contributed by atoms with Crippen LogP contribution in [0.4, 0.5) is 0 Å². The average Bonchev–Trinajstić information content (AvgIpc) is 2.46. The summed E-state index contributed by atoms with van der Waals surface area (Å²) in [7, 11) is 0. The van der Waals surface area contributed by atoms with Gasteiger partial charge in [0.25, 0.3) is 0 Å². The Morgan fingerprint density at radius 1 is 1.05 bits per heavy atom. The summed E-state index contributed by atoms with van der Waals surface area (Å²) in [6, 6.07) is 14.1. The van der Waals surface area contributed by atoms with Crippen LogP contribution >= 0.6 is 11.3 Å². The van der Waals surface area contributed by atoms with E-state index >= 15 is 0 Å². The lowest BCUT2D eigenvalue weighted by Gasteiger charge is -2.03. The molecule has 0 saturated heterocycles. The zero-order chi connectivity index (χ0) is 13.2. The smallest absolute Gasteiger partial charge is 0.195 e. The van der Waals surface area contributed by atoms with Crippen LogP contribution in [0.3, 0.4) is 0 Å². The highest BCUT2D eigenvalue weighted by Crippen LogP contribution is 2.24. The molecule has 0 aliphatic rings. The molecule has 0 bridgehead atoms. The SMILES string of the molecule is CC[NH2+]Cc1ccc2sc3ccccc3c(=O)c2c1.[Br-]. The molecule has 3 rings (SSSR count). The standard InChI is InChI=1S/C16H15NOS.BrH/c1-2-17-10-11-7-8-15-13(9-11)16(18)12-5-3-4-6-14(12)19-15;/h3-9,17H,2,10H2,1H3;1H. The third-order valence-electron chi connectivity index (χ3n) is 3.31. The summed E-state index contributed by atoms with van der Waals surface area (Å²) in [5.74, 6) is 0. The minimum absolute atomic E-state index is 0. The average molecular weight is 350 g/mol. The fourth-order valence-electron chi connectivity index (χ4n) is 2.29. The van der Waals surface area contributed by atoms with Gasteiger partial charge in [-0.3, -0.25) is 4.79 Å². The summed E-state index contributed by atoms with van der Waals surface area (Å²) in [6.45, 7) is 4.13. The molecule has 2 nitrogen and oxygen atoms in total. The van der Waals surface area contributed by atoms with Crippen LogP contribution in [0.15, 0.2) is 47.3 Å². The minimum atomic E-state index is 0. The number of hydrogen-bond acceptors (Lipinski definition) is 2. The summed E-state index contributed by atoms with van der Waals surface area (Å²) >= 11 is 1.69. The fourth-order valence-corrected chi connectivity index (χ4v) is 3.34. The van der Waals surface area contributed by atoms with Crippen molar-refractivity contribution in [3.05, 3.63) is 58.3 Å². The van der Waals surface area contributed by atoms with Crippen LogP contribution in [-0.4, -0.2) is 6.54 Å².